The number of hydrogen-bond acceptors (Lipinski definition) is 4. The number of aldehydes is 1. The monoisotopic (exact) mass is 243 g/mol. The van der Waals surface area contributed by atoms with E-state index in [1.54, 1.807) is 12.1 Å². The third-order valence-corrected chi connectivity index (χ3v) is 3.34. The van der Waals surface area contributed by atoms with Crippen LogP contribution in [-0.4, -0.2) is 27.6 Å². The smallest absolute Gasteiger partial charge is 0.232 e. The van der Waals surface area contributed by atoms with E-state index in [1.807, 2.05) is 0 Å². The maximum Gasteiger partial charge on any atom is 0.232 e. The number of ether oxygens (including phenoxy) is 1. The molecular weight excluding hydrogens is 230 g/mol. The van der Waals surface area contributed by atoms with Crippen molar-refractivity contribution >= 4 is 22.0 Å². The van der Waals surface area contributed by atoms with E-state index in [0.717, 1.165) is 0 Å². The summed E-state index contributed by atoms with van der Waals surface area (Å²) in [6, 6.07) is 4.71. The van der Waals surface area contributed by atoms with Gasteiger partial charge in [-0.2, -0.15) is 0 Å². The minimum atomic E-state index is -3.39. The highest BCUT2D eigenvalue weighted by Crippen LogP contribution is 2.25. The molecular formula is C10H13NO4S. The SMILES string of the molecule is CCS(=O)(=O)Nc1cccc(OC)c1C=O. The number of carbonyl (C=O) groups is 1. The second-order valence-corrected chi connectivity index (χ2v) is 5.06. The molecule has 5 nitrogen and oxygen atoms in total. The zero-order valence-electron chi connectivity index (χ0n) is 9.06. The molecule has 0 amide bonds. The van der Waals surface area contributed by atoms with Gasteiger partial charge in [-0.3, -0.25) is 9.52 Å². The van der Waals surface area contributed by atoms with Crippen molar-refractivity contribution < 1.29 is 17.9 Å². The highest BCUT2D eigenvalue weighted by atomic mass is 32.2. The molecule has 16 heavy (non-hydrogen) atoms. The fourth-order valence-electron chi connectivity index (χ4n) is 1.17. The van der Waals surface area contributed by atoms with Crippen LogP contribution in [0.1, 0.15) is 17.3 Å². The number of nitrogens with one attached hydrogen (secondary N) is 1. The van der Waals surface area contributed by atoms with Crippen molar-refractivity contribution in [2.75, 3.05) is 17.6 Å². The van der Waals surface area contributed by atoms with Crippen LogP contribution in [0.15, 0.2) is 18.2 Å². The normalized spacial score (nSPS) is 10.9. The van der Waals surface area contributed by atoms with Crippen molar-refractivity contribution in [1.82, 2.24) is 0 Å². The van der Waals surface area contributed by atoms with Gasteiger partial charge in [-0.05, 0) is 19.1 Å². The summed E-state index contributed by atoms with van der Waals surface area (Å²) < 4.78 is 30.0. The van der Waals surface area contributed by atoms with Gasteiger partial charge in [-0.15, -0.1) is 0 Å². The van der Waals surface area contributed by atoms with Crippen LogP contribution >= 0.6 is 0 Å². The molecule has 0 aliphatic heterocycles. The van der Waals surface area contributed by atoms with Gasteiger partial charge in [0.2, 0.25) is 10.0 Å². The van der Waals surface area contributed by atoms with Gasteiger partial charge >= 0.3 is 0 Å². The van der Waals surface area contributed by atoms with Crippen LogP contribution in [0.2, 0.25) is 0 Å². The standard InChI is InChI=1S/C10H13NO4S/c1-3-16(13,14)11-9-5-4-6-10(15-2)8(9)7-12/h4-7,11H,3H2,1-2H3. The van der Waals surface area contributed by atoms with Crippen LogP contribution in [0.4, 0.5) is 5.69 Å². The quantitative estimate of drug-likeness (QED) is 0.790. The molecule has 0 saturated heterocycles. The first-order chi connectivity index (χ1) is 7.54. The number of methoxy groups -OCH3 is 1. The molecule has 1 aromatic carbocycles. The molecule has 0 atom stereocenters. The van der Waals surface area contributed by atoms with Crippen molar-refractivity contribution in [3.8, 4) is 5.75 Å². The molecule has 0 heterocycles. The fraction of sp³-hybridized carbons (Fsp3) is 0.300. The van der Waals surface area contributed by atoms with E-state index < -0.39 is 10.0 Å². The van der Waals surface area contributed by atoms with Gasteiger partial charge in [0.1, 0.15) is 5.75 Å². The van der Waals surface area contributed by atoms with Gasteiger partial charge in [0.25, 0.3) is 0 Å². The molecule has 1 N–H and O–H groups in total. The van der Waals surface area contributed by atoms with Crippen molar-refractivity contribution in [2.24, 2.45) is 0 Å². The minimum Gasteiger partial charge on any atom is -0.496 e. The summed E-state index contributed by atoms with van der Waals surface area (Å²) in [7, 11) is -1.98. The Hall–Kier alpha value is -1.56. The summed E-state index contributed by atoms with van der Waals surface area (Å²) in [5, 5.41) is 0. The Bertz CT molecular complexity index is 482. The van der Waals surface area contributed by atoms with E-state index >= 15 is 0 Å². The number of hydrogen-bond donors (Lipinski definition) is 1. The van der Waals surface area contributed by atoms with E-state index in [9.17, 15) is 13.2 Å². The summed E-state index contributed by atoms with van der Waals surface area (Å²) in [5.41, 5.74) is 0.429. The molecule has 0 aromatic heterocycles. The van der Waals surface area contributed by atoms with E-state index in [0.29, 0.717) is 12.0 Å². The Morgan fingerprint density at radius 1 is 1.44 bits per heavy atom. The van der Waals surface area contributed by atoms with Crippen LogP contribution < -0.4 is 9.46 Å². The number of sulfonamides is 1. The number of anilines is 1. The van der Waals surface area contributed by atoms with E-state index in [1.165, 1.54) is 20.1 Å². The van der Waals surface area contributed by atoms with Crippen molar-refractivity contribution in [3.63, 3.8) is 0 Å². The minimum absolute atomic E-state index is 0.0531. The molecule has 0 unspecified atom stereocenters. The lowest BCUT2D eigenvalue weighted by molar-refractivity contribution is 0.112. The van der Waals surface area contributed by atoms with E-state index in [2.05, 4.69) is 4.72 Å². The molecule has 0 fully saturated rings. The number of rotatable bonds is 5. The molecule has 88 valence electrons. The Morgan fingerprint density at radius 3 is 2.62 bits per heavy atom. The first kappa shape index (κ1) is 12.5. The zero-order chi connectivity index (χ0) is 12.2. The molecule has 0 saturated carbocycles. The lowest BCUT2D eigenvalue weighted by Gasteiger charge is -2.10. The lowest BCUT2D eigenvalue weighted by Crippen LogP contribution is -2.16. The topological polar surface area (TPSA) is 72.5 Å². The molecule has 0 spiro atoms. The van der Waals surface area contributed by atoms with Crippen molar-refractivity contribution in [1.29, 1.82) is 0 Å². The van der Waals surface area contributed by atoms with Gasteiger partial charge < -0.3 is 4.74 Å². The van der Waals surface area contributed by atoms with Gasteiger partial charge in [-0.25, -0.2) is 8.42 Å². The van der Waals surface area contributed by atoms with Gasteiger partial charge in [0.05, 0.1) is 24.1 Å². The Morgan fingerprint density at radius 2 is 2.12 bits per heavy atom. The molecule has 0 aliphatic rings. The van der Waals surface area contributed by atoms with Crippen LogP contribution in [0, 0.1) is 0 Å². The Labute approximate surface area is 94.5 Å². The summed E-state index contributed by atoms with van der Waals surface area (Å²) in [6.45, 7) is 1.52. The summed E-state index contributed by atoms with van der Waals surface area (Å²) in [5.74, 6) is 0.286. The van der Waals surface area contributed by atoms with Crippen molar-refractivity contribution in [3.05, 3.63) is 23.8 Å². The summed E-state index contributed by atoms with van der Waals surface area (Å²) in [4.78, 5) is 10.9. The number of benzene rings is 1. The third kappa shape index (κ3) is 2.73. The Kier molecular flexibility index (Phi) is 3.89. The summed E-state index contributed by atoms with van der Waals surface area (Å²) in [6.07, 6.45) is 0.562. The average molecular weight is 243 g/mol. The zero-order valence-corrected chi connectivity index (χ0v) is 9.87. The average Bonchev–Trinajstić information content (AvgIpc) is 2.28. The molecule has 0 aliphatic carbocycles. The van der Waals surface area contributed by atoms with Gasteiger partial charge in [0.15, 0.2) is 6.29 Å². The molecule has 1 rings (SSSR count). The Balaban J connectivity index is 3.19. The maximum absolute atomic E-state index is 11.4. The summed E-state index contributed by atoms with van der Waals surface area (Å²) >= 11 is 0. The maximum atomic E-state index is 11.4. The highest BCUT2D eigenvalue weighted by molar-refractivity contribution is 7.92. The van der Waals surface area contributed by atoms with Gasteiger partial charge in [-0.1, -0.05) is 6.07 Å². The van der Waals surface area contributed by atoms with Crippen LogP contribution in [0.25, 0.3) is 0 Å². The second-order valence-electron chi connectivity index (χ2n) is 3.04. The van der Waals surface area contributed by atoms with E-state index in [4.69, 9.17) is 4.74 Å². The lowest BCUT2D eigenvalue weighted by atomic mass is 10.2. The molecule has 0 radical (unpaired) electrons. The first-order valence-corrected chi connectivity index (χ1v) is 6.32. The highest BCUT2D eigenvalue weighted by Gasteiger charge is 2.13. The van der Waals surface area contributed by atoms with Crippen LogP contribution in [-0.2, 0) is 10.0 Å². The molecule has 0 bridgehead atoms. The van der Waals surface area contributed by atoms with Crippen molar-refractivity contribution in [2.45, 2.75) is 6.92 Å². The van der Waals surface area contributed by atoms with E-state index in [-0.39, 0.29) is 17.0 Å². The predicted molar refractivity (Wildman–Crippen MR) is 61.5 cm³/mol. The van der Waals surface area contributed by atoms with Crippen LogP contribution in [0.5, 0.6) is 5.75 Å². The molecule has 1 aromatic rings. The molecule has 6 heteroatoms. The number of carbonyl (C=O) groups excluding carboxylic acids is 1. The fourth-order valence-corrected chi connectivity index (χ4v) is 1.83. The first-order valence-electron chi connectivity index (χ1n) is 4.66. The predicted octanol–water partition coefficient (Wildman–Crippen LogP) is 1.27. The van der Waals surface area contributed by atoms with Gasteiger partial charge in [0, 0.05) is 0 Å². The third-order valence-electron chi connectivity index (χ3n) is 2.05. The largest absolute Gasteiger partial charge is 0.496 e. The second kappa shape index (κ2) is 4.98. The van der Waals surface area contributed by atoms with Crippen LogP contribution in [0.3, 0.4) is 0 Å².